The number of nitrogens with zero attached hydrogens (tertiary/aromatic N) is 1. The maximum Gasteiger partial charge on any atom is 0.223 e. The summed E-state index contributed by atoms with van der Waals surface area (Å²) in [6.45, 7) is 11.4. The smallest absolute Gasteiger partial charge is 0.223 e. The molecule has 29 heavy (non-hydrogen) atoms. The summed E-state index contributed by atoms with van der Waals surface area (Å²) in [5, 5.41) is 3.32. The lowest BCUT2D eigenvalue weighted by Gasteiger charge is -2.49. The maximum absolute atomic E-state index is 12.5. The third kappa shape index (κ3) is 3.13. The molecule has 2 aliphatic rings. The molecular formula is C25H28N2O2. The molecule has 2 aromatic carbocycles. The molecule has 2 aliphatic heterocycles. The van der Waals surface area contributed by atoms with Crippen LogP contribution in [-0.2, 0) is 10.2 Å². The minimum atomic E-state index is -0.587. The van der Waals surface area contributed by atoms with E-state index in [-0.39, 0.29) is 11.3 Å². The number of carbonyl (C=O) groups is 1. The van der Waals surface area contributed by atoms with Gasteiger partial charge in [0.1, 0.15) is 18.0 Å². The van der Waals surface area contributed by atoms with Crippen molar-refractivity contribution < 1.29 is 9.53 Å². The fraction of sp³-hybridized carbons (Fsp3) is 0.320. The Morgan fingerprint density at radius 2 is 1.97 bits per heavy atom. The molecule has 150 valence electrons. The first kappa shape index (κ1) is 19.3. The van der Waals surface area contributed by atoms with Crippen LogP contribution in [0.2, 0.25) is 0 Å². The van der Waals surface area contributed by atoms with Crippen LogP contribution in [0.15, 0.2) is 61.2 Å². The summed E-state index contributed by atoms with van der Waals surface area (Å²) in [7, 11) is 0. The summed E-state index contributed by atoms with van der Waals surface area (Å²) >= 11 is 0. The Labute approximate surface area is 172 Å². The number of hydrogen-bond acceptors (Lipinski definition) is 3. The van der Waals surface area contributed by atoms with Crippen molar-refractivity contribution in [3.63, 3.8) is 0 Å². The van der Waals surface area contributed by atoms with E-state index in [9.17, 15) is 4.79 Å². The van der Waals surface area contributed by atoms with Gasteiger partial charge in [0.25, 0.3) is 0 Å². The van der Waals surface area contributed by atoms with E-state index in [0.29, 0.717) is 19.6 Å². The molecule has 4 rings (SSSR count). The van der Waals surface area contributed by atoms with E-state index in [2.05, 4.69) is 67.9 Å². The number of benzene rings is 2. The number of carbonyl (C=O) groups excluding carboxylic acids is 1. The van der Waals surface area contributed by atoms with Gasteiger partial charge in [-0.15, -0.1) is 0 Å². The van der Waals surface area contributed by atoms with Gasteiger partial charge in [-0.05, 0) is 42.3 Å². The molecule has 1 saturated heterocycles. The largest absolute Gasteiger partial charge is 0.490 e. The van der Waals surface area contributed by atoms with Gasteiger partial charge in [-0.3, -0.25) is 4.79 Å². The number of rotatable bonds is 5. The molecule has 0 unspecified atom stereocenters. The Morgan fingerprint density at radius 3 is 2.69 bits per heavy atom. The van der Waals surface area contributed by atoms with Crippen LogP contribution in [0.4, 0.5) is 5.69 Å². The highest BCUT2D eigenvalue weighted by molar-refractivity contribution is 5.84. The number of ether oxygens (including phenoxy) is 1. The number of aryl methyl sites for hydroxylation is 1. The predicted octanol–water partition coefficient (Wildman–Crippen LogP) is 4.59. The van der Waals surface area contributed by atoms with Crippen molar-refractivity contribution in [3.05, 3.63) is 77.9 Å². The Morgan fingerprint density at radius 1 is 1.21 bits per heavy atom. The second-order valence-corrected chi connectivity index (χ2v) is 8.36. The predicted molar refractivity (Wildman–Crippen MR) is 118 cm³/mol. The van der Waals surface area contributed by atoms with Gasteiger partial charge in [0.2, 0.25) is 5.91 Å². The van der Waals surface area contributed by atoms with E-state index in [1.165, 1.54) is 16.8 Å². The molecule has 2 aromatic rings. The zero-order valence-electron chi connectivity index (χ0n) is 17.4. The monoisotopic (exact) mass is 388 g/mol. The minimum Gasteiger partial charge on any atom is -0.490 e. The average molecular weight is 389 g/mol. The number of hydrogen-bond donors (Lipinski definition) is 1. The lowest BCUT2D eigenvalue weighted by atomic mass is 9.74. The van der Waals surface area contributed by atoms with Crippen LogP contribution >= 0.6 is 0 Å². The SMILES string of the molecule is C=CCOc1ccc(/C=C/[C@]23NC(=O)CCN2c2ccc(C)cc2C3(C)C)cc1. The quantitative estimate of drug-likeness (QED) is 0.762. The number of anilines is 1. The standard InChI is InChI=1S/C25H28N2O2/c1-5-16-29-20-9-7-19(8-10-20)12-14-25-24(3,4)21-17-18(2)6-11-22(21)27(25)15-13-23(28)26-25/h5-12,14,17H,1,13,15-16H2,2-4H3,(H,26,28)/b14-12+/t25-/m0/s1. The number of nitrogens with one attached hydrogen (secondary N) is 1. The van der Waals surface area contributed by atoms with Crippen LogP contribution in [0.25, 0.3) is 6.08 Å². The molecule has 0 spiro atoms. The van der Waals surface area contributed by atoms with Crippen molar-refractivity contribution >= 4 is 17.7 Å². The van der Waals surface area contributed by atoms with Gasteiger partial charge in [-0.1, -0.05) is 62.4 Å². The third-order valence-electron chi connectivity index (χ3n) is 6.15. The third-order valence-corrected chi connectivity index (χ3v) is 6.15. The Hall–Kier alpha value is -3.01. The van der Waals surface area contributed by atoms with Crippen molar-refractivity contribution in [2.24, 2.45) is 0 Å². The lowest BCUT2D eigenvalue weighted by Crippen LogP contribution is -2.68. The van der Waals surface area contributed by atoms with E-state index in [4.69, 9.17) is 4.74 Å². The molecular weight excluding hydrogens is 360 g/mol. The van der Waals surface area contributed by atoms with E-state index >= 15 is 0 Å². The zero-order chi connectivity index (χ0) is 20.6. The number of amides is 1. The maximum atomic E-state index is 12.5. The fourth-order valence-corrected chi connectivity index (χ4v) is 4.51. The zero-order valence-corrected chi connectivity index (χ0v) is 17.4. The normalized spacial score (nSPS) is 22.2. The van der Waals surface area contributed by atoms with Gasteiger partial charge in [0.15, 0.2) is 0 Å². The van der Waals surface area contributed by atoms with Crippen molar-refractivity contribution in [2.45, 2.75) is 38.3 Å². The second-order valence-electron chi connectivity index (χ2n) is 8.36. The van der Waals surface area contributed by atoms with E-state index in [1.807, 2.05) is 24.3 Å². The fourth-order valence-electron chi connectivity index (χ4n) is 4.51. The number of fused-ring (bicyclic) bond motifs is 3. The highest BCUT2D eigenvalue weighted by Crippen LogP contribution is 2.52. The van der Waals surface area contributed by atoms with Crippen LogP contribution in [0.3, 0.4) is 0 Å². The first-order valence-corrected chi connectivity index (χ1v) is 10.1. The van der Waals surface area contributed by atoms with Crippen LogP contribution in [-0.4, -0.2) is 24.7 Å². The summed E-state index contributed by atoms with van der Waals surface area (Å²) in [5.74, 6) is 0.911. The molecule has 1 atom stereocenters. The molecule has 1 N–H and O–H groups in total. The lowest BCUT2D eigenvalue weighted by molar-refractivity contribution is -0.124. The first-order valence-electron chi connectivity index (χ1n) is 10.1. The molecule has 0 radical (unpaired) electrons. The molecule has 1 fully saturated rings. The molecule has 1 amide bonds. The Kier molecular flexibility index (Phi) is 4.73. The van der Waals surface area contributed by atoms with Crippen molar-refractivity contribution in [2.75, 3.05) is 18.1 Å². The summed E-state index contributed by atoms with van der Waals surface area (Å²) in [5.41, 5.74) is 3.92. The highest BCUT2D eigenvalue weighted by Gasteiger charge is 2.57. The minimum absolute atomic E-state index is 0.0941. The molecule has 2 heterocycles. The molecule has 0 aromatic heterocycles. The van der Waals surface area contributed by atoms with Crippen LogP contribution < -0.4 is 15.0 Å². The molecule has 0 saturated carbocycles. The van der Waals surface area contributed by atoms with E-state index in [0.717, 1.165) is 11.3 Å². The average Bonchev–Trinajstić information content (AvgIpc) is 2.89. The molecule has 4 nitrogen and oxygen atoms in total. The van der Waals surface area contributed by atoms with E-state index in [1.54, 1.807) is 6.08 Å². The second kappa shape index (κ2) is 7.11. The van der Waals surface area contributed by atoms with Crippen LogP contribution in [0.5, 0.6) is 5.75 Å². The van der Waals surface area contributed by atoms with E-state index < -0.39 is 5.66 Å². The molecule has 4 heteroatoms. The van der Waals surface area contributed by atoms with Crippen molar-refractivity contribution in [1.29, 1.82) is 0 Å². The molecule has 0 bridgehead atoms. The van der Waals surface area contributed by atoms with Gasteiger partial charge < -0.3 is 15.0 Å². The van der Waals surface area contributed by atoms with Crippen LogP contribution in [0, 0.1) is 6.92 Å². The van der Waals surface area contributed by atoms with Crippen molar-refractivity contribution in [1.82, 2.24) is 5.32 Å². The Bertz CT molecular complexity index is 975. The highest BCUT2D eigenvalue weighted by atomic mass is 16.5. The van der Waals surface area contributed by atoms with Gasteiger partial charge in [-0.25, -0.2) is 0 Å². The van der Waals surface area contributed by atoms with Crippen molar-refractivity contribution in [3.8, 4) is 5.75 Å². The van der Waals surface area contributed by atoms with Gasteiger partial charge in [0, 0.05) is 24.1 Å². The summed E-state index contributed by atoms with van der Waals surface area (Å²) < 4.78 is 5.57. The van der Waals surface area contributed by atoms with Gasteiger partial charge >= 0.3 is 0 Å². The topological polar surface area (TPSA) is 41.6 Å². The molecule has 0 aliphatic carbocycles. The summed E-state index contributed by atoms with van der Waals surface area (Å²) in [4.78, 5) is 14.8. The van der Waals surface area contributed by atoms with Gasteiger partial charge in [0.05, 0.1) is 0 Å². The summed E-state index contributed by atoms with van der Waals surface area (Å²) in [6, 6.07) is 14.5. The first-order chi connectivity index (χ1) is 13.9. The summed E-state index contributed by atoms with van der Waals surface area (Å²) in [6.07, 6.45) is 6.48. The Balaban J connectivity index is 1.72. The van der Waals surface area contributed by atoms with Gasteiger partial charge in [-0.2, -0.15) is 0 Å². The van der Waals surface area contributed by atoms with Crippen LogP contribution in [0.1, 0.15) is 37.0 Å².